The summed E-state index contributed by atoms with van der Waals surface area (Å²) in [5, 5.41) is 9.29. The lowest BCUT2D eigenvalue weighted by atomic mass is 10.0. The van der Waals surface area contributed by atoms with E-state index in [4.69, 9.17) is 9.47 Å². The second kappa shape index (κ2) is 6.41. The fourth-order valence-electron chi connectivity index (χ4n) is 3.58. The molecule has 0 amide bonds. The number of carbonyl (C=O) groups is 2. The second-order valence-electron chi connectivity index (χ2n) is 6.98. The van der Waals surface area contributed by atoms with Crippen LogP contribution in [0.5, 0.6) is 5.75 Å². The number of aliphatic carboxylic acids is 1. The molecular weight excluding hydrogens is 357 g/mol. The Morgan fingerprint density at radius 2 is 1.96 bits per heavy atom. The molecule has 0 saturated carbocycles. The van der Waals surface area contributed by atoms with Crippen LogP contribution in [0.15, 0.2) is 18.0 Å². The molecular formula is C18H20FN3O5. The molecule has 0 aliphatic carbocycles. The van der Waals surface area contributed by atoms with Crippen molar-refractivity contribution >= 4 is 23.3 Å². The highest BCUT2D eigenvalue weighted by Gasteiger charge is 2.38. The van der Waals surface area contributed by atoms with Crippen LogP contribution in [0, 0.1) is 5.82 Å². The molecule has 144 valence electrons. The van der Waals surface area contributed by atoms with E-state index in [2.05, 4.69) is 4.90 Å². The summed E-state index contributed by atoms with van der Waals surface area (Å²) in [6.45, 7) is 4.87. The first-order valence-corrected chi connectivity index (χ1v) is 8.75. The highest BCUT2D eigenvalue weighted by molar-refractivity contribution is 6.04. The molecule has 0 bridgehead atoms. The third-order valence-corrected chi connectivity index (χ3v) is 5.09. The number of ether oxygens (including phenoxy) is 2. The van der Waals surface area contributed by atoms with E-state index < -0.39 is 23.5 Å². The Hall–Kier alpha value is -2.81. The van der Waals surface area contributed by atoms with E-state index in [0.717, 1.165) is 19.2 Å². The third kappa shape index (κ3) is 2.87. The van der Waals surface area contributed by atoms with Gasteiger partial charge in [-0.15, -0.1) is 0 Å². The number of carbonyl (C=O) groups excluding carboxylic acids is 1. The Bertz CT molecular complexity index is 848. The number of nitrogens with zero attached hydrogens (tertiary/aromatic N) is 3. The van der Waals surface area contributed by atoms with Crippen LogP contribution in [0.3, 0.4) is 0 Å². The monoisotopic (exact) mass is 377 g/mol. The molecule has 0 spiro atoms. The number of carboxylic acid groups (broad SMARTS) is 1. The molecule has 0 radical (unpaired) electrons. The predicted octanol–water partition coefficient (Wildman–Crippen LogP) is 1.26. The average molecular weight is 377 g/mol. The van der Waals surface area contributed by atoms with Crippen LogP contribution in [0.2, 0.25) is 0 Å². The molecule has 4 rings (SSSR count). The zero-order valence-corrected chi connectivity index (χ0v) is 15.1. The fourth-order valence-corrected chi connectivity index (χ4v) is 3.58. The lowest BCUT2D eigenvalue weighted by molar-refractivity contribution is -0.135. The second-order valence-corrected chi connectivity index (χ2v) is 6.98. The van der Waals surface area contributed by atoms with Crippen molar-refractivity contribution in [2.75, 3.05) is 49.6 Å². The zero-order valence-electron chi connectivity index (χ0n) is 15.1. The first-order valence-electron chi connectivity index (χ1n) is 8.75. The van der Waals surface area contributed by atoms with E-state index in [1.54, 1.807) is 4.90 Å². The average Bonchev–Trinajstić information content (AvgIpc) is 2.77. The lowest BCUT2D eigenvalue weighted by Crippen LogP contribution is -2.46. The summed E-state index contributed by atoms with van der Waals surface area (Å²) in [5.41, 5.74) is 0.614. The maximum atomic E-state index is 15.0. The third-order valence-electron chi connectivity index (χ3n) is 5.09. The van der Waals surface area contributed by atoms with Crippen LogP contribution < -0.4 is 14.5 Å². The molecule has 1 atom stereocenters. The topological polar surface area (TPSA) is 82.6 Å². The molecule has 8 nitrogen and oxygen atoms in total. The van der Waals surface area contributed by atoms with Gasteiger partial charge in [0.1, 0.15) is 18.0 Å². The zero-order chi connectivity index (χ0) is 19.3. The van der Waals surface area contributed by atoms with Crippen LogP contribution in [0.25, 0.3) is 0 Å². The van der Waals surface area contributed by atoms with E-state index >= 15 is 4.39 Å². The van der Waals surface area contributed by atoms with E-state index in [-0.39, 0.29) is 24.0 Å². The summed E-state index contributed by atoms with van der Waals surface area (Å²) in [6, 6.07) is 0.868. The van der Waals surface area contributed by atoms with Crippen LogP contribution in [0.4, 0.5) is 15.8 Å². The minimum atomic E-state index is -1.36. The Morgan fingerprint density at radius 1 is 1.26 bits per heavy atom. The van der Waals surface area contributed by atoms with Crippen LogP contribution in [-0.2, 0) is 9.53 Å². The molecule has 0 aromatic heterocycles. The van der Waals surface area contributed by atoms with Crippen molar-refractivity contribution in [2.45, 2.75) is 13.0 Å². The van der Waals surface area contributed by atoms with Gasteiger partial charge in [-0.3, -0.25) is 0 Å². The van der Waals surface area contributed by atoms with Gasteiger partial charge in [-0.1, -0.05) is 0 Å². The molecule has 9 heteroatoms. The number of halogens is 1. The number of esters is 1. The summed E-state index contributed by atoms with van der Waals surface area (Å²) in [6.07, 6.45) is 1.27. The Kier molecular flexibility index (Phi) is 4.18. The number of anilines is 2. The Labute approximate surface area is 155 Å². The number of piperazine rings is 1. The maximum Gasteiger partial charge on any atom is 0.373 e. The Balaban J connectivity index is 1.88. The molecule has 3 aliphatic heterocycles. The van der Waals surface area contributed by atoms with Gasteiger partial charge in [-0.2, -0.15) is 0 Å². The van der Waals surface area contributed by atoms with Crippen molar-refractivity contribution in [3.63, 3.8) is 0 Å². The molecule has 1 aromatic rings. The van der Waals surface area contributed by atoms with Gasteiger partial charge < -0.3 is 29.3 Å². The van der Waals surface area contributed by atoms with Gasteiger partial charge in [-0.25, -0.2) is 14.0 Å². The van der Waals surface area contributed by atoms with Crippen molar-refractivity contribution in [3.05, 3.63) is 29.4 Å². The predicted molar refractivity (Wildman–Crippen MR) is 94.7 cm³/mol. The SMILES string of the molecule is CC1COc2c(N3CCN(C)CC3)c(F)cc3c2N1C=C(C(=O)O)OC3=O. The number of benzene rings is 1. The molecule has 3 heterocycles. The normalized spacial score (nSPS) is 22.4. The van der Waals surface area contributed by atoms with Gasteiger partial charge in [-0.05, 0) is 20.0 Å². The minimum Gasteiger partial charge on any atom is -0.487 e. The first-order chi connectivity index (χ1) is 12.9. The van der Waals surface area contributed by atoms with Gasteiger partial charge in [0.05, 0.1) is 17.8 Å². The van der Waals surface area contributed by atoms with Crippen molar-refractivity contribution in [3.8, 4) is 5.75 Å². The molecule has 1 N–H and O–H groups in total. The van der Waals surface area contributed by atoms with Crippen LogP contribution in [0.1, 0.15) is 17.3 Å². The number of carboxylic acids is 1. The number of cyclic esters (lactones) is 1. The molecule has 27 heavy (non-hydrogen) atoms. The number of hydrogen-bond donors (Lipinski definition) is 1. The number of rotatable bonds is 2. The smallest absolute Gasteiger partial charge is 0.373 e. The summed E-state index contributed by atoms with van der Waals surface area (Å²) in [5.74, 6) is -3.11. The maximum absolute atomic E-state index is 15.0. The highest BCUT2D eigenvalue weighted by atomic mass is 19.1. The van der Waals surface area contributed by atoms with Gasteiger partial charge >= 0.3 is 11.9 Å². The van der Waals surface area contributed by atoms with Gasteiger partial charge in [0.15, 0.2) is 11.6 Å². The van der Waals surface area contributed by atoms with Gasteiger partial charge in [0.2, 0.25) is 5.76 Å². The molecule has 1 fully saturated rings. The van der Waals surface area contributed by atoms with Crippen LogP contribution >= 0.6 is 0 Å². The molecule has 3 aliphatic rings. The summed E-state index contributed by atoms with van der Waals surface area (Å²) >= 11 is 0. The molecule has 1 aromatic carbocycles. The number of likely N-dealkylation sites (N-methyl/N-ethyl adjacent to an activating group) is 1. The van der Waals surface area contributed by atoms with Crippen molar-refractivity contribution in [2.24, 2.45) is 0 Å². The van der Waals surface area contributed by atoms with E-state index in [1.807, 2.05) is 18.9 Å². The van der Waals surface area contributed by atoms with E-state index in [0.29, 0.717) is 24.5 Å². The summed E-state index contributed by atoms with van der Waals surface area (Å²) < 4.78 is 25.8. The molecule has 1 saturated heterocycles. The fraction of sp³-hybridized carbons (Fsp3) is 0.444. The van der Waals surface area contributed by atoms with Crippen molar-refractivity contribution in [1.82, 2.24) is 4.90 Å². The van der Waals surface area contributed by atoms with Crippen molar-refractivity contribution < 1.29 is 28.6 Å². The lowest BCUT2D eigenvalue weighted by Gasteiger charge is -2.39. The standard InChI is InChI=1S/C18H20FN3O5/c1-10-9-26-16-14-11(18(25)27-13(17(23)24)8-22(10)14)7-12(19)15(16)21-5-3-20(2)4-6-21/h7-8,10H,3-6,9H2,1-2H3,(H,23,24). The van der Waals surface area contributed by atoms with Gasteiger partial charge in [0.25, 0.3) is 0 Å². The molecule has 1 unspecified atom stereocenters. The van der Waals surface area contributed by atoms with Crippen LogP contribution in [-0.4, -0.2) is 67.8 Å². The van der Waals surface area contributed by atoms with E-state index in [9.17, 15) is 14.7 Å². The minimum absolute atomic E-state index is 0.0422. The van der Waals surface area contributed by atoms with Crippen molar-refractivity contribution in [1.29, 1.82) is 0 Å². The largest absolute Gasteiger partial charge is 0.487 e. The highest BCUT2D eigenvalue weighted by Crippen LogP contribution is 2.47. The number of hydrogen-bond acceptors (Lipinski definition) is 7. The summed E-state index contributed by atoms with van der Waals surface area (Å²) in [7, 11) is 2.00. The van der Waals surface area contributed by atoms with E-state index in [1.165, 1.54) is 6.20 Å². The Morgan fingerprint density at radius 3 is 2.63 bits per heavy atom. The quantitative estimate of drug-likeness (QED) is 0.772. The summed E-state index contributed by atoms with van der Waals surface area (Å²) in [4.78, 5) is 29.5. The van der Waals surface area contributed by atoms with Gasteiger partial charge in [0, 0.05) is 26.2 Å². The first kappa shape index (κ1) is 17.6.